The average Bonchev–Trinajstić information content (AvgIpc) is 3.62. The van der Waals surface area contributed by atoms with Gasteiger partial charge in [0.2, 0.25) is 5.75 Å². The SMILES string of the molecule is O=[N+]([O-])c1cc2c(cc1Oc1ccccc1F)[C@@H](OP(=O)(N1CC1)N1CC1)COC2. The Balaban J connectivity index is 1.51. The predicted molar refractivity (Wildman–Crippen MR) is 104 cm³/mol. The van der Waals surface area contributed by atoms with Gasteiger partial charge >= 0.3 is 13.4 Å². The van der Waals surface area contributed by atoms with Crippen molar-refractivity contribution >= 4 is 13.4 Å². The van der Waals surface area contributed by atoms with Crippen LogP contribution in [0.5, 0.6) is 11.5 Å². The first-order chi connectivity index (χ1) is 14.5. The van der Waals surface area contributed by atoms with Crippen LogP contribution in [-0.4, -0.2) is 47.1 Å². The van der Waals surface area contributed by atoms with Gasteiger partial charge in [-0.3, -0.25) is 19.2 Å². The number of para-hydroxylation sites is 1. The first kappa shape index (κ1) is 19.6. The molecule has 0 aliphatic carbocycles. The van der Waals surface area contributed by atoms with Crippen molar-refractivity contribution in [1.82, 2.24) is 9.34 Å². The molecule has 3 heterocycles. The van der Waals surface area contributed by atoms with E-state index in [0.29, 0.717) is 37.3 Å². The number of ether oxygens (including phenoxy) is 2. The van der Waals surface area contributed by atoms with Gasteiger partial charge < -0.3 is 9.47 Å². The Kier molecular flexibility index (Phi) is 4.83. The van der Waals surface area contributed by atoms with Crippen LogP contribution in [0, 0.1) is 15.9 Å². The summed E-state index contributed by atoms with van der Waals surface area (Å²) in [6.07, 6.45) is -0.676. The van der Waals surface area contributed by atoms with E-state index in [-0.39, 0.29) is 30.4 Å². The highest BCUT2D eigenvalue weighted by Gasteiger charge is 2.51. The van der Waals surface area contributed by atoms with Crippen LogP contribution in [0.2, 0.25) is 0 Å². The topological polar surface area (TPSA) is 93.9 Å². The molecule has 0 spiro atoms. The van der Waals surface area contributed by atoms with E-state index in [4.69, 9.17) is 14.0 Å². The molecule has 3 aliphatic rings. The zero-order valence-corrected chi connectivity index (χ0v) is 16.8. The lowest BCUT2D eigenvalue weighted by molar-refractivity contribution is -0.385. The Morgan fingerprint density at radius 1 is 1.13 bits per heavy atom. The molecular weight excluding hydrogens is 416 g/mol. The van der Waals surface area contributed by atoms with E-state index in [1.807, 2.05) is 0 Å². The molecule has 11 heteroatoms. The quantitative estimate of drug-likeness (QED) is 0.280. The lowest BCUT2D eigenvalue weighted by Gasteiger charge is -2.30. The van der Waals surface area contributed by atoms with Gasteiger partial charge in [0.05, 0.1) is 18.1 Å². The molecule has 30 heavy (non-hydrogen) atoms. The Bertz CT molecular complexity index is 1040. The summed E-state index contributed by atoms with van der Waals surface area (Å²) in [5.74, 6) is -0.857. The van der Waals surface area contributed by atoms with E-state index in [1.165, 1.54) is 30.3 Å². The maximum Gasteiger partial charge on any atom is 0.346 e. The van der Waals surface area contributed by atoms with Crippen LogP contribution >= 0.6 is 7.67 Å². The summed E-state index contributed by atoms with van der Waals surface area (Å²) in [4.78, 5) is 11.0. The van der Waals surface area contributed by atoms with E-state index < -0.39 is 24.5 Å². The molecule has 0 unspecified atom stereocenters. The molecule has 2 saturated heterocycles. The van der Waals surface area contributed by atoms with E-state index in [9.17, 15) is 19.1 Å². The van der Waals surface area contributed by atoms with E-state index in [2.05, 4.69) is 0 Å². The second-order valence-electron chi connectivity index (χ2n) is 7.32. The summed E-state index contributed by atoms with van der Waals surface area (Å²) in [5, 5.41) is 11.6. The fourth-order valence-electron chi connectivity index (χ4n) is 3.45. The number of hydrogen-bond acceptors (Lipinski definition) is 6. The van der Waals surface area contributed by atoms with Crippen LogP contribution in [0.15, 0.2) is 36.4 Å². The third-order valence-corrected chi connectivity index (χ3v) is 7.93. The van der Waals surface area contributed by atoms with E-state index in [0.717, 1.165) is 0 Å². The van der Waals surface area contributed by atoms with Crippen molar-refractivity contribution in [3.63, 3.8) is 0 Å². The highest BCUT2D eigenvalue weighted by Crippen LogP contribution is 2.63. The molecule has 2 fully saturated rings. The number of hydrogen-bond donors (Lipinski definition) is 0. The van der Waals surface area contributed by atoms with Crippen molar-refractivity contribution in [2.75, 3.05) is 32.8 Å². The summed E-state index contributed by atoms with van der Waals surface area (Å²) in [6, 6.07) is 8.51. The van der Waals surface area contributed by atoms with Crippen LogP contribution in [0.3, 0.4) is 0 Å². The van der Waals surface area contributed by atoms with Gasteiger partial charge in [0.15, 0.2) is 11.6 Å². The molecule has 2 aromatic rings. The van der Waals surface area contributed by atoms with Crippen LogP contribution in [0.25, 0.3) is 0 Å². The zero-order chi connectivity index (χ0) is 20.9. The van der Waals surface area contributed by atoms with Gasteiger partial charge in [0.1, 0.15) is 6.10 Å². The van der Waals surface area contributed by atoms with Crippen LogP contribution < -0.4 is 4.74 Å². The molecule has 3 aliphatic heterocycles. The van der Waals surface area contributed by atoms with Crippen molar-refractivity contribution in [1.29, 1.82) is 0 Å². The number of nitro groups is 1. The molecule has 2 aromatic carbocycles. The molecule has 5 rings (SSSR count). The molecule has 0 aromatic heterocycles. The van der Waals surface area contributed by atoms with Crippen molar-refractivity contribution in [2.45, 2.75) is 12.7 Å². The van der Waals surface area contributed by atoms with E-state index in [1.54, 1.807) is 15.4 Å². The minimum absolute atomic E-state index is 0.104. The van der Waals surface area contributed by atoms with Gasteiger partial charge in [0, 0.05) is 32.2 Å². The third-order valence-electron chi connectivity index (χ3n) is 5.17. The molecule has 0 N–H and O–H groups in total. The zero-order valence-electron chi connectivity index (χ0n) is 15.9. The van der Waals surface area contributed by atoms with Gasteiger partial charge in [-0.1, -0.05) is 12.1 Å². The number of rotatable bonds is 7. The number of benzene rings is 2. The Morgan fingerprint density at radius 3 is 2.47 bits per heavy atom. The average molecular weight is 435 g/mol. The number of nitrogens with zero attached hydrogens (tertiary/aromatic N) is 3. The van der Waals surface area contributed by atoms with Crippen molar-refractivity contribution in [3.8, 4) is 11.5 Å². The lowest BCUT2D eigenvalue weighted by atomic mass is 9.99. The summed E-state index contributed by atoms with van der Waals surface area (Å²) in [6.45, 7) is 3.14. The summed E-state index contributed by atoms with van der Waals surface area (Å²) >= 11 is 0. The van der Waals surface area contributed by atoms with Gasteiger partial charge in [-0.25, -0.2) is 13.7 Å². The van der Waals surface area contributed by atoms with Crippen molar-refractivity contribution in [2.24, 2.45) is 0 Å². The summed E-state index contributed by atoms with van der Waals surface area (Å²) < 4.78 is 48.2. The third kappa shape index (κ3) is 3.61. The molecule has 158 valence electrons. The Hall–Kier alpha value is -2.36. The smallest absolute Gasteiger partial charge is 0.346 e. The fraction of sp³-hybridized carbons (Fsp3) is 0.368. The van der Waals surface area contributed by atoms with Crippen molar-refractivity contribution < 1.29 is 27.9 Å². The maximum atomic E-state index is 14.1. The van der Waals surface area contributed by atoms with Crippen molar-refractivity contribution in [3.05, 3.63) is 63.5 Å². The fourth-order valence-corrected chi connectivity index (χ4v) is 5.77. The number of nitro benzene ring substituents is 1. The number of halogens is 1. The second-order valence-corrected chi connectivity index (χ2v) is 9.64. The first-order valence-electron chi connectivity index (χ1n) is 9.56. The monoisotopic (exact) mass is 435 g/mol. The Labute approximate surface area is 171 Å². The highest BCUT2D eigenvalue weighted by atomic mass is 31.2. The largest absolute Gasteiger partial charge is 0.447 e. The standard InChI is InChI=1S/C19H19FN3O6P/c20-15-3-1-2-4-17(15)28-18-10-14-13(9-16(18)23(24)25)11-27-12-19(14)29-30(26,21-5-6-21)22-7-8-22/h1-4,9-10,19H,5-8,11-12H2/t19-/m0/s1. The van der Waals surface area contributed by atoms with Gasteiger partial charge in [-0.05, 0) is 29.3 Å². The Morgan fingerprint density at radius 2 is 1.83 bits per heavy atom. The molecular formula is C19H19FN3O6P. The predicted octanol–water partition coefficient (Wildman–Crippen LogP) is 3.85. The highest BCUT2D eigenvalue weighted by molar-refractivity contribution is 7.54. The van der Waals surface area contributed by atoms with Gasteiger partial charge in [-0.2, -0.15) is 0 Å². The van der Waals surface area contributed by atoms with Gasteiger partial charge in [0.25, 0.3) is 0 Å². The molecule has 1 atom stereocenters. The second kappa shape index (κ2) is 7.40. The maximum absolute atomic E-state index is 14.1. The molecule has 0 saturated carbocycles. The summed E-state index contributed by atoms with van der Waals surface area (Å²) in [5.41, 5.74) is 0.852. The van der Waals surface area contributed by atoms with Crippen LogP contribution in [0.4, 0.5) is 10.1 Å². The van der Waals surface area contributed by atoms with Crippen LogP contribution in [0.1, 0.15) is 17.2 Å². The first-order valence-corrected chi connectivity index (χ1v) is 11.1. The molecule has 0 radical (unpaired) electrons. The minimum Gasteiger partial charge on any atom is -0.447 e. The molecule has 9 nitrogen and oxygen atoms in total. The van der Waals surface area contributed by atoms with Gasteiger partial charge in [-0.15, -0.1) is 0 Å². The molecule has 0 amide bonds. The number of fused-ring (bicyclic) bond motifs is 1. The van der Waals surface area contributed by atoms with Crippen LogP contribution in [-0.2, 0) is 20.4 Å². The summed E-state index contributed by atoms with van der Waals surface area (Å²) in [7, 11) is -3.13. The van der Waals surface area contributed by atoms with E-state index >= 15 is 0 Å². The normalized spacial score (nSPS) is 21.2. The lowest BCUT2D eigenvalue weighted by Crippen LogP contribution is -2.21. The minimum atomic E-state index is -3.13. The molecule has 0 bridgehead atoms.